The highest BCUT2D eigenvalue weighted by atomic mass is 35.5. The van der Waals surface area contributed by atoms with Crippen LogP contribution < -0.4 is 11.1 Å². The summed E-state index contributed by atoms with van der Waals surface area (Å²) in [5.41, 5.74) is 8.14. The maximum absolute atomic E-state index is 5.85. The van der Waals surface area contributed by atoms with E-state index >= 15 is 0 Å². The van der Waals surface area contributed by atoms with Crippen LogP contribution >= 0.6 is 36.2 Å². The molecule has 0 amide bonds. The summed E-state index contributed by atoms with van der Waals surface area (Å²) in [5.74, 6) is 1.90. The number of nitrogens with one attached hydrogen (secondary N) is 1. The standard InChI is InChI=1S/C16H23N5S.2ClH/c1-10(2)14-8-22-16(21-14)3-4-18-15-7-13(19-9-20-15)11-5-12(17)6-11;;/h7-12H,3-6,17H2,1-2H3,(H,18,19,20);2*1H. The summed E-state index contributed by atoms with van der Waals surface area (Å²) >= 11 is 1.74. The number of thiazole rings is 1. The van der Waals surface area contributed by atoms with E-state index in [1.54, 1.807) is 17.7 Å². The molecule has 5 nitrogen and oxygen atoms in total. The molecule has 2 aromatic heterocycles. The second-order valence-corrected chi connectivity index (χ2v) is 7.20. The van der Waals surface area contributed by atoms with Gasteiger partial charge < -0.3 is 11.1 Å². The van der Waals surface area contributed by atoms with Crippen molar-refractivity contribution in [2.45, 2.75) is 51.0 Å². The van der Waals surface area contributed by atoms with Crippen LogP contribution in [0.4, 0.5) is 5.82 Å². The van der Waals surface area contributed by atoms with Crippen LogP contribution in [0.15, 0.2) is 17.8 Å². The number of nitrogens with two attached hydrogens (primary N) is 1. The lowest BCUT2D eigenvalue weighted by atomic mass is 9.79. The van der Waals surface area contributed by atoms with E-state index in [0.29, 0.717) is 17.9 Å². The number of nitrogens with zero attached hydrogens (tertiary/aromatic N) is 3. The molecule has 8 heteroatoms. The molecule has 3 rings (SSSR count). The second kappa shape index (κ2) is 9.51. The SMILES string of the molecule is CC(C)c1csc(CCNc2cc(C3CC(N)C3)ncn2)n1.Cl.Cl. The molecule has 0 aromatic carbocycles. The van der Waals surface area contributed by atoms with Crippen LogP contribution in [0.3, 0.4) is 0 Å². The predicted molar refractivity (Wildman–Crippen MR) is 105 cm³/mol. The largest absolute Gasteiger partial charge is 0.370 e. The molecule has 0 saturated heterocycles. The van der Waals surface area contributed by atoms with Crippen molar-refractivity contribution < 1.29 is 0 Å². The summed E-state index contributed by atoms with van der Waals surface area (Å²) in [6.45, 7) is 5.18. The maximum Gasteiger partial charge on any atom is 0.129 e. The van der Waals surface area contributed by atoms with Gasteiger partial charge in [0.15, 0.2) is 0 Å². The van der Waals surface area contributed by atoms with Crippen molar-refractivity contribution in [2.75, 3.05) is 11.9 Å². The van der Waals surface area contributed by atoms with Gasteiger partial charge in [0, 0.05) is 42.1 Å². The smallest absolute Gasteiger partial charge is 0.129 e. The van der Waals surface area contributed by atoms with Gasteiger partial charge in [0.2, 0.25) is 0 Å². The minimum atomic E-state index is 0. The Morgan fingerprint density at radius 3 is 2.67 bits per heavy atom. The van der Waals surface area contributed by atoms with Crippen molar-refractivity contribution in [1.29, 1.82) is 0 Å². The van der Waals surface area contributed by atoms with Gasteiger partial charge in [-0.3, -0.25) is 0 Å². The highest BCUT2D eigenvalue weighted by Crippen LogP contribution is 2.34. The lowest BCUT2D eigenvalue weighted by molar-refractivity contribution is 0.345. The van der Waals surface area contributed by atoms with E-state index in [1.165, 1.54) is 10.7 Å². The fraction of sp³-hybridized carbons (Fsp3) is 0.562. The van der Waals surface area contributed by atoms with E-state index in [0.717, 1.165) is 37.3 Å². The predicted octanol–water partition coefficient (Wildman–Crippen LogP) is 3.76. The molecule has 1 saturated carbocycles. The van der Waals surface area contributed by atoms with Crippen molar-refractivity contribution in [2.24, 2.45) is 5.73 Å². The first-order chi connectivity index (χ1) is 10.6. The Morgan fingerprint density at radius 1 is 1.29 bits per heavy atom. The highest BCUT2D eigenvalue weighted by Gasteiger charge is 2.28. The summed E-state index contributed by atoms with van der Waals surface area (Å²) in [6.07, 6.45) is 4.63. The molecule has 0 unspecified atom stereocenters. The Balaban J connectivity index is 0.00000144. The topological polar surface area (TPSA) is 76.7 Å². The van der Waals surface area contributed by atoms with E-state index < -0.39 is 0 Å². The number of halogens is 2. The third-order valence-corrected chi connectivity index (χ3v) is 5.01. The zero-order chi connectivity index (χ0) is 15.5. The first kappa shape index (κ1) is 21.1. The Morgan fingerprint density at radius 2 is 2.04 bits per heavy atom. The van der Waals surface area contributed by atoms with Crippen molar-refractivity contribution in [3.8, 4) is 0 Å². The van der Waals surface area contributed by atoms with Crippen molar-refractivity contribution >= 4 is 42.0 Å². The molecular formula is C16H25Cl2N5S. The van der Waals surface area contributed by atoms with Gasteiger partial charge in [-0.25, -0.2) is 15.0 Å². The molecule has 0 bridgehead atoms. The first-order valence-electron chi connectivity index (χ1n) is 7.87. The van der Waals surface area contributed by atoms with E-state index in [-0.39, 0.29) is 24.8 Å². The monoisotopic (exact) mass is 389 g/mol. The normalized spacial score (nSPS) is 19.2. The molecule has 24 heavy (non-hydrogen) atoms. The van der Waals surface area contributed by atoms with E-state index in [9.17, 15) is 0 Å². The quantitative estimate of drug-likeness (QED) is 0.786. The van der Waals surface area contributed by atoms with Crippen LogP contribution in [0, 0.1) is 0 Å². The summed E-state index contributed by atoms with van der Waals surface area (Å²) in [7, 11) is 0. The number of hydrogen-bond acceptors (Lipinski definition) is 6. The van der Waals surface area contributed by atoms with Crippen LogP contribution in [-0.2, 0) is 6.42 Å². The second-order valence-electron chi connectivity index (χ2n) is 6.25. The lowest BCUT2D eigenvalue weighted by Crippen LogP contribution is -2.35. The molecule has 1 fully saturated rings. The molecule has 0 atom stereocenters. The molecule has 0 spiro atoms. The molecule has 1 aliphatic carbocycles. The van der Waals surface area contributed by atoms with Crippen LogP contribution in [-0.4, -0.2) is 27.5 Å². The maximum atomic E-state index is 5.85. The van der Waals surface area contributed by atoms with Crippen LogP contribution in [0.2, 0.25) is 0 Å². The van der Waals surface area contributed by atoms with Crippen LogP contribution in [0.5, 0.6) is 0 Å². The number of hydrogen-bond donors (Lipinski definition) is 2. The van der Waals surface area contributed by atoms with Gasteiger partial charge >= 0.3 is 0 Å². The first-order valence-corrected chi connectivity index (χ1v) is 8.75. The minimum Gasteiger partial charge on any atom is -0.370 e. The molecular weight excluding hydrogens is 365 g/mol. The third kappa shape index (κ3) is 5.28. The lowest BCUT2D eigenvalue weighted by Gasteiger charge is -2.31. The molecule has 134 valence electrons. The summed E-state index contributed by atoms with van der Waals surface area (Å²) in [5, 5.41) is 6.70. The van der Waals surface area contributed by atoms with Gasteiger partial charge in [-0.05, 0) is 18.8 Å². The highest BCUT2D eigenvalue weighted by molar-refractivity contribution is 7.09. The Bertz CT molecular complexity index is 628. The van der Waals surface area contributed by atoms with Gasteiger partial charge in [0.1, 0.15) is 12.1 Å². The average Bonchev–Trinajstić information content (AvgIpc) is 2.93. The number of aromatic nitrogens is 3. The van der Waals surface area contributed by atoms with Crippen molar-refractivity contribution in [3.05, 3.63) is 34.2 Å². The third-order valence-electron chi connectivity index (χ3n) is 4.09. The number of anilines is 1. The molecule has 1 aliphatic rings. The van der Waals surface area contributed by atoms with Gasteiger partial charge in [-0.15, -0.1) is 36.2 Å². The Labute approximate surface area is 159 Å². The summed E-state index contributed by atoms with van der Waals surface area (Å²) in [4.78, 5) is 13.3. The van der Waals surface area contributed by atoms with Crippen LogP contribution in [0.25, 0.3) is 0 Å². The zero-order valence-electron chi connectivity index (χ0n) is 13.9. The van der Waals surface area contributed by atoms with Crippen molar-refractivity contribution in [1.82, 2.24) is 15.0 Å². The minimum absolute atomic E-state index is 0. The molecule has 2 heterocycles. The summed E-state index contributed by atoms with van der Waals surface area (Å²) in [6, 6.07) is 2.40. The Hall–Kier alpha value is -0.950. The average molecular weight is 390 g/mol. The van der Waals surface area contributed by atoms with Gasteiger partial charge in [-0.2, -0.15) is 0 Å². The Kier molecular flexibility index (Phi) is 8.36. The zero-order valence-corrected chi connectivity index (χ0v) is 16.4. The van der Waals surface area contributed by atoms with E-state index in [1.807, 2.05) is 0 Å². The van der Waals surface area contributed by atoms with E-state index in [2.05, 4.69) is 45.6 Å². The van der Waals surface area contributed by atoms with Gasteiger partial charge in [0.25, 0.3) is 0 Å². The fourth-order valence-electron chi connectivity index (χ4n) is 2.60. The molecule has 2 aromatic rings. The fourth-order valence-corrected chi connectivity index (χ4v) is 3.56. The molecule has 0 radical (unpaired) electrons. The number of rotatable bonds is 6. The van der Waals surface area contributed by atoms with E-state index in [4.69, 9.17) is 5.73 Å². The molecule has 0 aliphatic heterocycles. The summed E-state index contributed by atoms with van der Waals surface area (Å²) < 4.78 is 0. The van der Waals surface area contributed by atoms with Crippen LogP contribution in [0.1, 0.15) is 54.9 Å². The van der Waals surface area contributed by atoms with Crippen molar-refractivity contribution in [3.63, 3.8) is 0 Å². The molecule has 3 N–H and O–H groups in total. The van der Waals surface area contributed by atoms with Gasteiger partial charge in [0.05, 0.1) is 10.7 Å². The van der Waals surface area contributed by atoms with Gasteiger partial charge in [-0.1, -0.05) is 13.8 Å².